The molecule has 1 saturated heterocycles. The minimum Gasteiger partial charge on any atom is -0.378 e. The van der Waals surface area contributed by atoms with Crippen LogP contribution in [0.3, 0.4) is 0 Å². The van der Waals surface area contributed by atoms with Crippen LogP contribution in [0.1, 0.15) is 19.8 Å². The number of nitrogens with two attached hydrogens (primary N) is 1. The first-order valence-corrected chi connectivity index (χ1v) is 6.32. The molecule has 0 bridgehead atoms. The minimum absolute atomic E-state index is 0.115. The van der Waals surface area contributed by atoms with Crippen molar-refractivity contribution < 1.29 is 4.92 Å². The molecule has 0 spiro atoms. The van der Waals surface area contributed by atoms with Gasteiger partial charge >= 0.3 is 5.69 Å². The van der Waals surface area contributed by atoms with Crippen molar-refractivity contribution in [1.82, 2.24) is 14.9 Å². The SMILES string of the molecule is CC(CNc1ncnc(N)c1[N+](=O)[O-])N1CCCC1. The standard InChI is InChI=1S/C11H18N6O2/c1-8(16-4-2-3-5-16)6-13-11-9(17(18)19)10(12)14-7-15-11/h7-8H,2-6H2,1H3,(H3,12,13,14,15). The monoisotopic (exact) mass is 266 g/mol. The van der Waals surface area contributed by atoms with E-state index in [4.69, 9.17) is 5.73 Å². The first-order valence-electron chi connectivity index (χ1n) is 6.32. The van der Waals surface area contributed by atoms with E-state index >= 15 is 0 Å². The molecule has 1 fully saturated rings. The van der Waals surface area contributed by atoms with Crippen molar-refractivity contribution in [3.63, 3.8) is 0 Å². The lowest BCUT2D eigenvalue weighted by molar-refractivity contribution is -0.383. The Balaban J connectivity index is 2.02. The number of nitrogens with one attached hydrogen (secondary N) is 1. The van der Waals surface area contributed by atoms with Crippen molar-refractivity contribution >= 4 is 17.3 Å². The number of hydrogen-bond acceptors (Lipinski definition) is 7. The molecule has 1 aromatic heterocycles. The van der Waals surface area contributed by atoms with Gasteiger partial charge in [0.2, 0.25) is 11.6 Å². The van der Waals surface area contributed by atoms with Crippen molar-refractivity contribution in [2.45, 2.75) is 25.8 Å². The number of nitro groups is 1. The third-order valence-corrected chi connectivity index (χ3v) is 3.36. The Kier molecular flexibility index (Phi) is 4.10. The van der Waals surface area contributed by atoms with E-state index in [1.165, 1.54) is 19.2 Å². The molecule has 1 unspecified atom stereocenters. The number of hydrogen-bond donors (Lipinski definition) is 2. The zero-order valence-electron chi connectivity index (χ0n) is 10.9. The van der Waals surface area contributed by atoms with Crippen LogP contribution in [-0.2, 0) is 0 Å². The average Bonchev–Trinajstić information content (AvgIpc) is 2.89. The van der Waals surface area contributed by atoms with Crippen molar-refractivity contribution in [3.8, 4) is 0 Å². The molecule has 1 aromatic rings. The molecule has 104 valence electrons. The molecule has 1 aliphatic heterocycles. The highest BCUT2D eigenvalue weighted by Crippen LogP contribution is 2.26. The predicted octanol–water partition coefficient (Wildman–Crippen LogP) is 0.863. The highest BCUT2D eigenvalue weighted by atomic mass is 16.6. The number of aromatic nitrogens is 2. The van der Waals surface area contributed by atoms with Crippen LogP contribution in [0.15, 0.2) is 6.33 Å². The fraction of sp³-hybridized carbons (Fsp3) is 0.636. The van der Waals surface area contributed by atoms with Crippen LogP contribution in [0, 0.1) is 10.1 Å². The van der Waals surface area contributed by atoms with Gasteiger partial charge in [0.05, 0.1) is 4.92 Å². The predicted molar refractivity (Wildman–Crippen MR) is 71.9 cm³/mol. The molecule has 0 radical (unpaired) electrons. The van der Waals surface area contributed by atoms with Gasteiger partial charge in [-0.1, -0.05) is 0 Å². The Hall–Kier alpha value is -1.96. The Labute approximate surface area is 111 Å². The fourth-order valence-corrected chi connectivity index (χ4v) is 2.26. The van der Waals surface area contributed by atoms with Gasteiger partial charge in [-0.25, -0.2) is 9.97 Å². The third kappa shape index (κ3) is 3.08. The lowest BCUT2D eigenvalue weighted by atomic mass is 10.3. The maximum atomic E-state index is 10.9. The summed E-state index contributed by atoms with van der Waals surface area (Å²) in [6, 6.07) is 0.304. The first kappa shape index (κ1) is 13.5. The van der Waals surface area contributed by atoms with Crippen LogP contribution < -0.4 is 11.1 Å². The lowest BCUT2D eigenvalue weighted by Crippen LogP contribution is -2.35. The zero-order valence-corrected chi connectivity index (χ0v) is 10.9. The molecular formula is C11H18N6O2. The summed E-state index contributed by atoms with van der Waals surface area (Å²) in [7, 11) is 0. The summed E-state index contributed by atoms with van der Waals surface area (Å²) in [5.74, 6) is 0.0693. The summed E-state index contributed by atoms with van der Waals surface area (Å²) in [5.41, 5.74) is 5.25. The average molecular weight is 266 g/mol. The van der Waals surface area contributed by atoms with Crippen LogP contribution in [-0.4, -0.2) is 45.5 Å². The number of nitrogens with zero attached hydrogens (tertiary/aromatic N) is 4. The number of anilines is 2. The van der Waals surface area contributed by atoms with Crippen molar-refractivity contribution in [2.75, 3.05) is 30.7 Å². The maximum Gasteiger partial charge on any atom is 0.352 e. The molecule has 19 heavy (non-hydrogen) atoms. The van der Waals surface area contributed by atoms with Crippen LogP contribution >= 0.6 is 0 Å². The highest BCUT2D eigenvalue weighted by molar-refractivity contribution is 5.67. The Morgan fingerprint density at radius 3 is 2.84 bits per heavy atom. The van der Waals surface area contributed by atoms with E-state index in [-0.39, 0.29) is 17.3 Å². The molecule has 0 aromatic carbocycles. The van der Waals surface area contributed by atoms with E-state index < -0.39 is 4.92 Å². The van der Waals surface area contributed by atoms with Gasteiger partial charge in [-0.05, 0) is 32.9 Å². The summed E-state index contributed by atoms with van der Waals surface area (Å²) in [5, 5.41) is 13.9. The minimum atomic E-state index is -0.557. The molecule has 2 heterocycles. The van der Waals surface area contributed by atoms with Gasteiger partial charge in [0.1, 0.15) is 6.33 Å². The van der Waals surface area contributed by atoms with Gasteiger partial charge in [0.15, 0.2) is 0 Å². The van der Waals surface area contributed by atoms with Gasteiger partial charge in [0.25, 0.3) is 0 Å². The van der Waals surface area contributed by atoms with Crippen molar-refractivity contribution in [2.24, 2.45) is 0 Å². The lowest BCUT2D eigenvalue weighted by Gasteiger charge is -2.23. The zero-order chi connectivity index (χ0) is 13.8. The molecule has 8 nitrogen and oxygen atoms in total. The van der Waals surface area contributed by atoms with Crippen LogP contribution in [0.25, 0.3) is 0 Å². The summed E-state index contributed by atoms with van der Waals surface area (Å²) in [6.07, 6.45) is 3.65. The van der Waals surface area contributed by atoms with E-state index in [1.54, 1.807) is 0 Å². The molecule has 3 N–H and O–H groups in total. The van der Waals surface area contributed by atoms with Crippen molar-refractivity contribution in [3.05, 3.63) is 16.4 Å². The smallest absolute Gasteiger partial charge is 0.352 e. The molecule has 8 heteroatoms. The van der Waals surface area contributed by atoms with Crippen molar-refractivity contribution in [1.29, 1.82) is 0 Å². The Morgan fingerprint density at radius 2 is 2.21 bits per heavy atom. The normalized spacial score (nSPS) is 17.3. The fourth-order valence-electron chi connectivity index (χ4n) is 2.26. The summed E-state index contributed by atoms with van der Waals surface area (Å²) in [4.78, 5) is 20.3. The molecule has 1 aliphatic rings. The molecule has 0 amide bonds. The van der Waals surface area contributed by atoms with Gasteiger partial charge in [-0.3, -0.25) is 15.0 Å². The topological polar surface area (TPSA) is 110 Å². The quantitative estimate of drug-likeness (QED) is 0.600. The van der Waals surface area contributed by atoms with Gasteiger partial charge in [-0.15, -0.1) is 0 Å². The summed E-state index contributed by atoms with van der Waals surface area (Å²) in [6.45, 7) is 4.85. The number of likely N-dealkylation sites (tertiary alicyclic amines) is 1. The molecule has 1 atom stereocenters. The molecule has 2 rings (SSSR count). The largest absolute Gasteiger partial charge is 0.378 e. The molecular weight excluding hydrogens is 248 g/mol. The maximum absolute atomic E-state index is 10.9. The Bertz CT molecular complexity index is 460. The summed E-state index contributed by atoms with van der Waals surface area (Å²) >= 11 is 0. The highest BCUT2D eigenvalue weighted by Gasteiger charge is 2.23. The van der Waals surface area contributed by atoms with E-state index in [0.717, 1.165) is 13.1 Å². The van der Waals surface area contributed by atoms with E-state index in [2.05, 4.69) is 27.1 Å². The summed E-state index contributed by atoms with van der Waals surface area (Å²) < 4.78 is 0. The molecule has 0 aliphatic carbocycles. The van der Waals surface area contributed by atoms with E-state index in [1.807, 2.05) is 0 Å². The van der Waals surface area contributed by atoms with Crippen LogP contribution in [0.4, 0.5) is 17.3 Å². The second kappa shape index (κ2) is 5.79. The van der Waals surface area contributed by atoms with Gasteiger partial charge < -0.3 is 11.1 Å². The second-order valence-electron chi connectivity index (χ2n) is 4.69. The van der Waals surface area contributed by atoms with E-state index in [9.17, 15) is 10.1 Å². The van der Waals surface area contributed by atoms with Crippen LogP contribution in [0.5, 0.6) is 0 Å². The number of nitrogen functional groups attached to an aromatic ring is 1. The number of rotatable bonds is 5. The second-order valence-corrected chi connectivity index (χ2v) is 4.69. The van der Waals surface area contributed by atoms with Crippen LogP contribution in [0.2, 0.25) is 0 Å². The molecule has 0 saturated carbocycles. The third-order valence-electron chi connectivity index (χ3n) is 3.36. The Morgan fingerprint density at radius 1 is 1.53 bits per heavy atom. The first-order chi connectivity index (χ1) is 9.09. The van der Waals surface area contributed by atoms with E-state index in [0.29, 0.717) is 12.6 Å². The van der Waals surface area contributed by atoms with Gasteiger partial charge in [0, 0.05) is 12.6 Å². The van der Waals surface area contributed by atoms with Gasteiger partial charge in [-0.2, -0.15) is 0 Å².